The first-order valence-electron chi connectivity index (χ1n) is 8.74. The van der Waals surface area contributed by atoms with Crippen LogP contribution in [0.5, 0.6) is 0 Å². The Morgan fingerprint density at radius 2 is 1.48 bits per heavy atom. The van der Waals surface area contributed by atoms with Crippen molar-refractivity contribution in [3.8, 4) is 0 Å². The van der Waals surface area contributed by atoms with E-state index in [1.54, 1.807) is 42.5 Å². The second kappa shape index (κ2) is 6.76. The number of ketones is 1. The molecule has 1 aliphatic rings. The molecule has 0 N–H and O–H groups in total. The minimum absolute atomic E-state index is 0.164. The topological polar surface area (TPSA) is 54.5 Å². The van der Waals surface area contributed by atoms with E-state index in [1.165, 1.54) is 4.31 Å². The van der Waals surface area contributed by atoms with Crippen molar-refractivity contribution >= 4 is 15.8 Å². The van der Waals surface area contributed by atoms with Gasteiger partial charge in [0.15, 0.2) is 5.78 Å². The molecule has 0 fully saturated rings. The predicted molar refractivity (Wildman–Crippen MR) is 104 cm³/mol. The number of nitrogens with zero attached hydrogens (tertiary/aromatic N) is 1. The number of hydrogen-bond acceptors (Lipinski definition) is 3. The van der Waals surface area contributed by atoms with Crippen LogP contribution in [0.4, 0.5) is 0 Å². The fourth-order valence-electron chi connectivity index (χ4n) is 3.46. The zero-order valence-corrected chi connectivity index (χ0v) is 15.7. The molecule has 4 nitrogen and oxygen atoms in total. The van der Waals surface area contributed by atoms with E-state index in [0.717, 1.165) is 11.1 Å². The van der Waals surface area contributed by atoms with E-state index in [9.17, 15) is 13.2 Å². The second-order valence-electron chi connectivity index (χ2n) is 6.70. The molecule has 0 spiro atoms. The van der Waals surface area contributed by atoms with E-state index in [4.69, 9.17) is 0 Å². The molecule has 1 aliphatic heterocycles. The molecule has 1 atom stereocenters. The number of carbonyl (C=O) groups excluding carboxylic acids is 1. The average molecular weight is 377 g/mol. The van der Waals surface area contributed by atoms with Crippen molar-refractivity contribution in [3.63, 3.8) is 0 Å². The van der Waals surface area contributed by atoms with Gasteiger partial charge in [-0.1, -0.05) is 72.3 Å². The number of fused-ring (bicyclic) bond motifs is 1. The van der Waals surface area contributed by atoms with Crippen LogP contribution >= 0.6 is 0 Å². The summed E-state index contributed by atoms with van der Waals surface area (Å²) in [5.41, 5.74) is 2.97. The molecular formula is C22H19NO3S. The highest BCUT2D eigenvalue weighted by Crippen LogP contribution is 2.37. The van der Waals surface area contributed by atoms with Crippen LogP contribution in [0, 0.1) is 6.92 Å². The Labute approximate surface area is 159 Å². The van der Waals surface area contributed by atoms with Gasteiger partial charge in [-0.05, 0) is 30.2 Å². The van der Waals surface area contributed by atoms with E-state index in [-0.39, 0.29) is 17.2 Å². The summed E-state index contributed by atoms with van der Waals surface area (Å²) >= 11 is 0. The fourth-order valence-corrected chi connectivity index (χ4v) is 5.01. The van der Waals surface area contributed by atoms with E-state index in [1.807, 2.05) is 43.3 Å². The summed E-state index contributed by atoms with van der Waals surface area (Å²) in [6.07, 6.45) is 0. The molecule has 0 aromatic heterocycles. The molecule has 5 heteroatoms. The van der Waals surface area contributed by atoms with E-state index in [0.29, 0.717) is 11.1 Å². The van der Waals surface area contributed by atoms with Gasteiger partial charge in [0.2, 0.25) is 10.0 Å². The maximum atomic E-state index is 13.4. The van der Waals surface area contributed by atoms with Gasteiger partial charge in [0, 0.05) is 12.1 Å². The zero-order chi connectivity index (χ0) is 19.0. The fraction of sp³-hybridized carbons (Fsp3) is 0.136. The van der Waals surface area contributed by atoms with Gasteiger partial charge in [-0.3, -0.25) is 4.79 Å². The first-order valence-corrected chi connectivity index (χ1v) is 10.2. The quantitative estimate of drug-likeness (QED) is 0.690. The van der Waals surface area contributed by atoms with Crippen molar-refractivity contribution in [2.24, 2.45) is 0 Å². The molecule has 3 aromatic carbocycles. The van der Waals surface area contributed by atoms with E-state index < -0.39 is 16.1 Å². The summed E-state index contributed by atoms with van der Waals surface area (Å²) < 4.78 is 28.1. The monoisotopic (exact) mass is 377 g/mol. The molecule has 0 bridgehead atoms. The first-order chi connectivity index (χ1) is 13.0. The summed E-state index contributed by atoms with van der Waals surface area (Å²) in [6, 6.07) is 22.2. The largest absolute Gasteiger partial charge is 0.292 e. The van der Waals surface area contributed by atoms with Crippen LogP contribution < -0.4 is 0 Å². The highest BCUT2D eigenvalue weighted by Gasteiger charge is 2.41. The smallest absolute Gasteiger partial charge is 0.244 e. The van der Waals surface area contributed by atoms with Gasteiger partial charge < -0.3 is 0 Å². The number of carbonyl (C=O) groups is 1. The predicted octanol–water partition coefficient (Wildman–Crippen LogP) is 4.12. The van der Waals surface area contributed by atoms with Gasteiger partial charge in [0.25, 0.3) is 0 Å². The Kier molecular flexibility index (Phi) is 4.42. The summed E-state index contributed by atoms with van der Waals surface area (Å²) in [5.74, 6) is -0.196. The van der Waals surface area contributed by atoms with Gasteiger partial charge in [-0.15, -0.1) is 0 Å². The van der Waals surface area contributed by atoms with Crippen LogP contribution in [0.2, 0.25) is 0 Å². The lowest BCUT2D eigenvalue weighted by Crippen LogP contribution is -2.42. The molecule has 0 amide bonds. The lowest BCUT2D eigenvalue weighted by molar-refractivity contribution is 0.0869. The zero-order valence-electron chi connectivity index (χ0n) is 14.9. The molecule has 27 heavy (non-hydrogen) atoms. The third-order valence-electron chi connectivity index (χ3n) is 4.89. The van der Waals surface area contributed by atoms with Crippen molar-refractivity contribution < 1.29 is 13.2 Å². The summed E-state index contributed by atoms with van der Waals surface area (Å²) in [4.78, 5) is 13.4. The van der Waals surface area contributed by atoms with Crippen LogP contribution in [0.3, 0.4) is 0 Å². The van der Waals surface area contributed by atoms with Crippen molar-refractivity contribution in [1.29, 1.82) is 0 Å². The van der Waals surface area contributed by atoms with Crippen LogP contribution in [0.15, 0.2) is 83.8 Å². The minimum atomic E-state index is -3.84. The SMILES string of the molecule is Cc1ccc(S(=O)(=O)N2Cc3ccccc3C(=O)C2c2ccccc2)cc1. The number of Topliss-reactive ketones (excluding diaryl/α,β-unsaturated/α-hetero) is 1. The molecule has 0 saturated heterocycles. The Morgan fingerprint density at radius 3 is 2.19 bits per heavy atom. The molecule has 1 unspecified atom stereocenters. The molecule has 3 aromatic rings. The van der Waals surface area contributed by atoms with Gasteiger partial charge in [0.1, 0.15) is 6.04 Å². The minimum Gasteiger partial charge on any atom is -0.292 e. The number of benzene rings is 3. The van der Waals surface area contributed by atoms with Crippen molar-refractivity contribution in [2.75, 3.05) is 0 Å². The molecular weight excluding hydrogens is 358 g/mol. The highest BCUT2D eigenvalue weighted by molar-refractivity contribution is 7.89. The molecule has 0 radical (unpaired) electrons. The van der Waals surface area contributed by atoms with Crippen LogP contribution in [0.25, 0.3) is 0 Å². The Hall–Kier alpha value is -2.76. The first kappa shape index (κ1) is 17.6. The number of rotatable bonds is 3. The Bertz CT molecular complexity index is 1090. The van der Waals surface area contributed by atoms with Gasteiger partial charge >= 0.3 is 0 Å². The average Bonchev–Trinajstić information content (AvgIpc) is 2.69. The number of hydrogen-bond donors (Lipinski definition) is 0. The molecule has 4 rings (SSSR count). The van der Waals surface area contributed by atoms with Gasteiger partial charge in [-0.2, -0.15) is 4.31 Å². The van der Waals surface area contributed by atoms with Crippen molar-refractivity contribution in [3.05, 3.63) is 101 Å². The number of sulfonamides is 1. The summed E-state index contributed by atoms with van der Waals surface area (Å²) in [6.45, 7) is 2.07. The third kappa shape index (κ3) is 3.09. The molecule has 0 aliphatic carbocycles. The van der Waals surface area contributed by atoms with E-state index in [2.05, 4.69) is 0 Å². The molecule has 0 saturated carbocycles. The van der Waals surface area contributed by atoms with Gasteiger partial charge in [-0.25, -0.2) is 8.42 Å². The second-order valence-corrected chi connectivity index (χ2v) is 8.59. The number of aryl methyl sites for hydroxylation is 1. The standard InChI is InChI=1S/C22H19NO3S/c1-16-11-13-19(14-12-16)27(25,26)23-15-18-9-5-6-10-20(18)22(24)21(23)17-7-3-2-4-8-17/h2-14,21H,15H2,1H3. The van der Waals surface area contributed by atoms with Crippen molar-refractivity contribution in [1.82, 2.24) is 4.31 Å². The lowest BCUT2D eigenvalue weighted by atomic mass is 9.90. The van der Waals surface area contributed by atoms with Crippen LogP contribution in [-0.4, -0.2) is 18.5 Å². The Morgan fingerprint density at radius 1 is 0.852 bits per heavy atom. The lowest BCUT2D eigenvalue weighted by Gasteiger charge is -2.35. The maximum Gasteiger partial charge on any atom is 0.244 e. The van der Waals surface area contributed by atoms with Crippen LogP contribution in [-0.2, 0) is 16.6 Å². The van der Waals surface area contributed by atoms with Crippen LogP contribution in [0.1, 0.15) is 33.1 Å². The molecule has 1 heterocycles. The van der Waals surface area contributed by atoms with Crippen molar-refractivity contribution in [2.45, 2.75) is 24.4 Å². The van der Waals surface area contributed by atoms with Gasteiger partial charge in [0.05, 0.1) is 4.90 Å². The third-order valence-corrected chi connectivity index (χ3v) is 6.71. The summed E-state index contributed by atoms with van der Waals surface area (Å²) in [7, 11) is -3.84. The maximum absolute atomic E-state index is 13.4. The summed E-state index contributed by atoms with van der Waals surface area (Å²) in [5, 5.41) is 0. The van der Waals surface area contributed by atoms with E-state index >= 15 is 0 Å². The normalized spacial score (nSPS) is 17.5. The Balaban J connectivity index is 1.88. The molecule has 136 valence electrons. The highest BCUT2D eigenvalue weighted by atomic mass is 32.2.